The van der Waals surface area contributed by atoms with Crippen LogP contribution in [0.25, 0.3) is 16.8 Å². The summed E-state index contributed by atoms with van der Waals surface area (Å²) in [5.74, 6) is -0.268. The van der Waals surface area contributed by atoms with Gasteiger partial charge in [-0.15, -0.1) is 0 Å². The molecule has 0 radical (unpaired) electrons. The molecule has 1 saturated heterocycles. The summed E-state index contributed by atoms with van der Waals surface area (Å²) in [6.07, 6.45) is 3.20. The van der Waals surface area contributed by atoms with E-state index in [1.165, 1.54) is 0 Å². The number of fused-ring (bicyclic) bond motifs is 1. The van der Waals surface area contributed by atoms with Crippen LogP contribution >= 0.6 is 0 Å². The maximum Gasteiger partial charge on any atom is 0.322 e. The van der Waals surface area contributed by atoms with Crippen LogP contribution in [0, 0.1) is 0 Å². The van der Waals surface area contributed by atoms with Gasteiger partial charge in [-0.1, -0.05) is 42.5 Å². The minimum atomic E-state index is -0.708. The highest BCUT2D eigenvalue weighted by atomic mass is 16.3. The van der Waals surface area contributed by atoms with Gasteiger partial charge >= 0.3 is 6.03 Å². The normalized spacial score (nSPS) is 18.5. The standard InChI is InChI=1S/C15H12N2O3/c18-13-8-5-9-3-1-2-4-10(9)11(13)6-7-12-14(19)17-15(20)16-12/h1-8,12,18H,(H2,16,17,19,20)/b7-6+. The van der Waals surface area contributed by atoms with Gasteiger partial charge in [-0.2, -0.15) is 0 Å². The van der Waals surface area contributed by atoms with E-state index in [0.29, 0.717) is 5.56 Å². The SMILES string of the molecule is O=C1NC(=O)C(/C=C/c2c(O)ccc3ccccc23)N1. The highest BCUT2D eigenvalue weighted by Crippen LogP contribution is 2.28. The second kappa shape index (κ2) is 4.70. The van der Waals surface area contributed by atoms with Crippen LogP contribution in [0.5, 0.6) is 5.75 Å². The van der Waals surface area contributed by atoms with Crippen LogP contribution in [-0.4, -0.2) is 23.1 Å². The zero-order chi connectivity index (χ0) is 14.1. The Morgan fingerprint density at radius 3 is 2.65 bits per heavy atom. The van der Waals surface area contributed by atoms with E-state index in [9.17, 15) is 14.7 Å². The summed E-state index contributed by atoms with van der Waals surface area (Å²) >= 11 is 0. The summed E-state index contributed by atoms with van der Waals surface area (Å²) in [5.41, 5.74) is 0.622. The van der Waals surface area contributed by atoms with Crippen molar-refractivity contribution in [3.8, 4) is 5.75 Å². The van der Waals surface area contributed by atoms with Crippen molar-refractivity contribution in [2.75, 3.05) is 0 Å². The zero-order valence-electron chi connectivity index (χ0n) is 10.5. The van der Waals surface area contributed by atoms with Crippen molar-refractivity contribution >= 4 is 28.8 Å². The lowest BCUT2D eigenvalue weighted by atomic mass is 10.0. The van der Waals surface area contributed by atoms with Crippen LogP contribution in [0.3, 0.4) is 0 Å². The lowest BCUT2D eigenvalue weighted by molar-refractivity contribution is -0.119. The monoisotopic (exact) mass is 268 g/mol. The third-order valence-electron chi connectivity index (χ3n) is 3.21. The van der Waals surface area contributed by atoms with Crippen LogP contribution in [0.15, 0.2) is 42.5 Å². The van der Waals surface area contributed by atoms with Gasteiger partial charge in [0.25, 0.3) is 5.91 Å². The number of imide groups is 1. The van der Waals surface area contributed by atoms with Gasteiger partial charge in [-0.3, -0.25) is 10.1 Å². The molecule has 1 aliphatic rings. The molecule has 2 aromatic carbocycles. The van der Waals surface area contributed by atoms with E-state index in [-0.39, 0.29) is 5.75 Å². The zero-order valence-corrected chi connectivity index (χ0v) is 10.5. The van der Waals surface area contributed by atoms with Gasteiger partial charge in [-0.25, -0.2) is 4.79 Å². The summed E-state index contributed by atoms with van der Waals surface area (Å²) in [7, 11) is 0. The lowest BCUT2D eigenvalue weighted by Crippen LogP contribution is -2.26. The van der Waals surface area contributed by atoms with Gasteiger partial charge in [0.2, 0.25) is 0 Å². The van der Waals surface area contributed by atoms with Crippen LogP contribution < -0.4 is 10.6 Å². The van der Waals surface area contributed by atoms with Gasteiger partial charge in [0.05, 0.1) is 0 Å². The average molecular weight is 268 g/mol. The Hall–Kier alpha value is -2.82. The first kappa shape index (κ1) is 12.2. The molecule has 0 aliphatic carbocycles. The number of carbonyl (C=O) groups excluding carboxylic acids is 2. The molecule has 0 spiro atoms. The molecule has 3 N–H and O–H groups in total. The first-order valence-corrected chi connectivity index (χ1v) is 6.15. The van der Waals surface area contributed by atoms with E-state index >= 15 is 0 Å². The second-order valence-electron chi connectivity index (χ2n) is 4.52. The third kappa shape index (κ3) is 2.09. The topological polar surface area (TPSA) is 78.4 Å². The third-order valence-corrected chi connectivity index (χ3v) is 3.21. The van der Waals surface area contributed by atoms with Crippen molar-refractivity contribution in [1.29, 1.82) is 0 Å². The number of rotatable bonds is 2. The van der Waals surface area contributed by atoms with Crippen molar-refractivity contribution in [2.24, 2.45) is 0 Å². The van der Waals surface area contributed by atoms with E-state index in [0.717, 1.165) is 10.8 Å². The van der Waals surface area contributed by atoms with E-state index in [2.05, 4.69) is 10.6 Å². The molecule has 0 bridgehead atoms. The fraction of sp³-hybridized carbons (Fsp3) is 0.0667. The van der Waals surface area contributed by atoms with Crippen LogP contribution in [0.4, 0.5) is 4.79 Å². The summed E-state index contributed by atoms with van der Waals surface area (Å²) in [4.78, 5) is 22.5. The van der Waals surface area contributed by atoms with E-state index in [4.69, 9.17) is 0 Å². The number of nitrogens with one attached hydrogen (secondary N) is 2. The molecule has 3 rings (SSSR count). The molecule has 1 unspecified atom stereocenters. The highest BCUT2D eigenvalue weighted by molar-refractivity contribution is 6.05. The maximum absolute atomic E-state index is 11.4. The largest absolute Gasteiger partial charge is 0.507 e. The quantitative estimate of drug-likeness (QED) is 0.726. The number of aromatic hydroxyl groups is 1. The van der Waals surface area contributed by atoms with Gasteiger partial charge in [0.1, 0.15) is 11.8 Å². The number of amides is 3. The summed E-state index contributed by atoms with van der Waals surface area (Å²) in [6.45, 7) is 0. The number of phenols is 1. The van der Waals surface area contributed by atoms with Crippen molar-refractivity contribution in [3.63, 3.8) is 0 Å². The van der Waals surface area contributed by atoms with E-state index in [1.54, 1.807) is 18.2 Å². The van der Waals surface area contributed by atoms with Gasteiger partial charge in [-0.05, 0) is 16.8 Å². The van der Waals surface area contributed by atoms with Gasteiger partial charge < -0.3 is 10.4 Å². The number of phenolic OH excluding ortho intramolecular Hbond substituents is 1. The number of hydrogen-bond donors (Lipinski definition) is 3. The smallest absolute Gasteiger partial charge is 0.322 e. The van der Waals surface area contributed by atoms with Gasteiger partial charge in [0.15, 0.2) is 0 Å². The molecule has 5 heteroatoms. The highest BCUT2D eigenvalue weighted by Gasteiger charge is 2.26. The van der Waals surface area contributed by atoms with E-state index in [1.807, 2.05) is 30.3 Å². The molecule has 0 aromatic heterocycles. The van der Waals surface area contributed by atoms with Crippen molar-refractivity contribution in [2.45, 2.75) is 6.04 Å². The summed E-state index contributed by atoms with van der Waals surface area (Å²) < 4.78 is 0. The predicted molar refractivity (Wildman–Crippen MR) is 75.1 cm³/mol. The Labute approximate surface area is 114 Å². The fourth-order valence-electron chi connectivity index (χ4n) is 2.22. The molecule has 1 heterocycles. The van der Waals surface area contributed by atoms with Crippen LogP contribution in [0.2, 0.25) is 0 Å². The Balaban J connectivity index is 2.00. The number of urea groups is 1. The molecular formula is C15H12N2O3. The van der Waals surface area contributed by atoms with Crippen molar-refractivity contribution < 1.29 is 14.7 Å². The minimum Gasteiger partial charge on any atom is -0.507 e. The molecule has 2 aromatic rings. The first-order valence-electron chi connectivity index (χ1n) is 6.15. The number of benzene rings is 2. The molecule has 1 aliphatic heterocycles. The number of carbonyl (C=O) groups is 2. The Morgan fingerprint density at radius 1 is 1.10 bits per heavy atom. The van der Waals surface area contributed by atoms with E-state index < -0.39 is 18.0 Å². The van der Waals surface area contributed by atoms with Crippen molar-refractivity contribution in [1.82, 2.24) is 10.6 Å². The molecule has 1 atom stereocenters. The Morgan fingerprint density at radius 2 is 1.90 bits per heavy atom. The van der Waals surface area contributed by atoms with Gasteiger partial charge in [0, 0.05) is 5.56 Å². The maximum atomic E-state index is 11.4. The molecule has 3 amide bonds. The van der Waals surface area contributed by atoms with Crippen LogP contribution in [-0.2, 0) is 4.79 Å². The Kier molecular flexibility index (Phi) is 2.87. The van der Waals surface area contributed by atoms with Crippen LogP contribution in [0.1, 0.15) is 5.56 Å². The molecule has 0 saturated carbocycles. The lowest BCUT2D eigenvalue weighted by Gasteiger charge is -2.06. The minimum absolute atomic E-state index is 0.129. The van der Waals surface area contributed by atoms with Crippen molar-refractivity contribution in [3.05, 3.63) is 48.0 Å². The predicted octanol–water partition coefficient (Wildman–Crippen LogP) is 1.77. The molecular weight excluding hydrogens is 256 g/mol. The fourth-order valence-corrected chi connectivity index (χ4v) is 2.22. The number of hydrogen-bond acceptors (Lipinski definition) is 3. The molecule has 100 valence electrons. The average Bonchev–Trinajstić information content (AvgIpc) is 2.76. The molecule has 1 fully saturated rings. The molecule has 5 nitrogen and oxygen atoms in total. The first-order chi connectivity index (χ1) is 9.65. The summed E-state index contributed by atoms with van der Waals surface area (Å²) in [5, 5.41) is 16.5. The summed E-state index contributed by atoms with van der Waals surface area (Å²) in [6, 6.07) is 9.84. The second-order valence-corrected chi connectivity index (χ2v) is 4.52. The molecule has 20 heavy (non-hydrogen) atoms. The Bertz CT molecular complexity index is 737.